The molecule has 0 aliphatic carbocycles. The van der Waals surface area contributed by atoms with E-state index in [1.54, 1.807) is 29.8 Å². The summed E-state index contributed by atoms with van der Waals surface area (Å²) in [6, 6.07) is 8.79. The first kappa shape index (κ1) is 10.8. The van der Waals surface area contributed by atoms with Gasteiger partial charge in [-0.3, -0.25) is 4.79 Å². The maximum atomic E-state index is 12.1. The van der Waals surface area contributed by atoms with Crippen molar-refractivity contribution in [1.29, 1.82) is 0 Å². The zero-order valence-corrected chi connectivity index (χ0v) is 10.1. The second-order valence-electron chi connectivity index (χ2n) is 4.42. The van der Waals surface area contributed by atoms with Crippen molar-refractivity contribution >= 4 is 21.8 Å². The van der Waals surface area contributed by atoms with Crippen LogP contribution in [0.25, 0.3) is 21.8 Å². The van der Waals surface area contributed by atoms with Gasteiger partial charge in [0.2, 0.25) is 0 Å². The topological polar surface area (TPSA) is 55.1 Å². The van der Waals surface area contributed by atoms with Crippen molar-refractivity contribution in [2.75, 3.05) is 0 Å². The summed E-state index contributed by atoms with van der Waals surface area (Å²) in [4.78, 5) is 16.5. The molecule has 0 aliphatic rings. The summed E-state index contributed by atoms with van der Waals surface area (Å²) in [5.41, 5.74) is 1.92. The third-order valence-electron chi connectivity index (χ3n) is 3.26. The lowest BCUT2D eigenvalue weighted by Gasteiger charge is -2.07. The van der Waals surface area contributed by atoms with Gasteiger partial charge in [-0.25, -0.2) is 4.98 Å². The Balaban J connectivity index is 2.58. The van der Waals surface area contributed by atoms with Crippen LogP contribution in [0.3, 0.4) is 0 Å². The van der Waals surface area contributed by atoms with Crippen LogP contribution in [0.4, 0.5) is 0 Å². The number of para-hydroxylation sites is 1. The number of nitrogens with zero attached hydrogens (tertiary/aromatic N) is 2. The van der Waals surface area contributed by atoms with E-state index in [0.717, 1.165) is 11.1 Å². The van der Waals surface area contributed by atoms with Crippen molar-refractivity contribution in [2.24, 2.45) is 7.05 Å². The van der Waals surface area contributed by atoms with Crippen LogP contribution in [0.5, 0.6) is 5.75 Å². The van der Waals surface area contributed by atoms with Gasteiger partial charge in [0.15, 0.2) is 0 Å². The fraction of sp³-hybridized carbons (Fsp3) is 0.143. The third kappa shape index (κ3) is 1.39. The zero-order valence-electron chi connectivity index (χ0n) is 10.1. The molecule has 4 heteroatoms. The van der Waals surface area contributed by atoms with Crippen LogP contribution in [-0.2, 0) is 7.05 Å². The Morgan fingerprint density at radius 3 is 2.83 bits per heavy atom. The van der Waals surface area contributed by atoms with Crippen LogP contribution in [0.1, 0.15) is 5.69 Å². The lowest BCUT2D eigenvalue weighted by molar-refractivity contribution is 0.480. The Kier molecular flexibility index (Phi) is 2.13. The third-order valence-corrected chi connectivity index (χ3v) is 3.26. The summed E-state index contributed by atoms with van der Waals surface area (Å²) in [7, 11) is 1.74. The van der Waals surface area contributed by atoms with Gasteiger partial charge < -0.3 is 9.67 Å². The molecule has 3 rings (SSSR count). The maximum Gasteiger partial charge on any atom is 0.259 e. The molecule has 1 N–H and O–H groups in total. The highest BCUT2D eigenvalue weighted by Gasteiger charge is 2.08. The molecule has 90 valence electrons. The second-order valence-corrected chi connectivity index (χ2v) is 4.42. The highest BCUT2D eigenvalue weighted by atomic mass is 16.3. The van der Waals surface area contributed by atoms with Crippen molar-refractivity contribution in [1.82, 2.24) is 9.55 Å². The molecule has 0 fully saturated rings. The van der Waals surface area contributed by atoms with E-state index in [2.05, 4.69) is 4.98 Å². The van der Waals surface area contributed by atoms with Gasteiger partial charge in [-0.2, -0.15) is 0 Å². The van der Waals surface area contributed by atoms with Gasteiger partial charge >= 0.3 is 0 Å². The molecule has 18 heavy (non-hydrogen) atoms. The van der Waals surface area contributed by atoms with Crippen LogP contribution in [0.2, 0.25) is 0 Å². The predicted octanol–water partition coefficient (Wildman–Crippen LogP) is 2.10. The van der Waals surface area contributed by atoms with Gasteiger partial charge in [0.1, 0.15) is 11.3 Å². The van der Waals surface area contributed by atoms with Gasteiger partial charge in [0.05, 0.1) is 10.9 Å². The predicted molar refractivity (Wildman–Crippen MR) is 70.9 cm³/mol. The first-order chi connectivity index (χ1) is 8.58. The number of hydrogen-bond donors (Lipinski definition) is 1. The number of rotatable bonds is 0. The van der Waals surface area contributed by atoms with E-state index in [1.165, 1.54) is 0 Å². The summed E-state index contributed by atoms with van der Waals surface area (Å²) in [5, 5.41) is 11.1. The summed E-state index contributed by atoms with van der Waals surface area (Å²) < 4.78 is 1.60. The largest absolute Gasteiger partial charge is 0.506 e. The standard InChI is InChI=1S/C14H12N2O2/c1-8-6-11-10(14(18)16(8)2)7-9-4-3-5-12(17)13(9)15-11/h3-7,17H,1-2H3. The van der Waals surface area contributed by atoms with Gasteiger partial charge in [-0.1, -0.05) is 12.1 Å². The molecule has 0 unspecified atom stereocenters. The summed E-state index contributed by atoms with van der Waals surface area (Å²) in [6.07, 6.45) is 0. The minimum absolute atomic E-state index is 0.0669. The summed E-state index contributed by atoms with van der Waals surface area (Å²) in [6.45, 7) is 1.86. The molecule has 1 aromatic carbocycles. The van der Waals surface area contributed by atoms with E-state index in [4.69, 9.17) is 0 Å². The zero-order chi connectivity index (χ0) is 12.9. The molecule has 4 nitrogen and oxygen atoms in total. The van der Waals surface area contributed by atoms with E-state index in [9.17, 15) is 9.90 Å². The van der Waals surface area contributed by atoms with Crippen LogP contribution in [-0.4, -0.2) is 14.7 Å². The molecule has 3 aromatic rings. The highest BCUT2D eigenvalue weighted by molar-refractivity contribution is 5.94. The van der Waals surface area contributed by atoms with Crippen molar-refractivity contribution in [2.45, 2.75) is 6.92 Å². The Morgan fingerprint density at radius 2 is 2.06 bits per heavy atom. The molecule has 0 bridgehead atoms. The average molecular weight is 240 g/mol. The van der Waals surface area contributed by atoms with Crippen molar-refractivity contribution < 1.29 is 5.11 Å². The van der Waals surface area contributed by atoms with Crippen LogP contribution >= 0.6 is 0 Å². The number of fused-ring (bicyclic) bond motifs is 2. The lowest BCUT2D eigenvalue weighted by atomic mass is 10.1. The van der Waals surface area contributed by atoms with Gasteiger partial charge in [0.25, 0.3) is 5.56 Å². The van der Waals surface area contributed by atoms with Crippen molar-refractivity contribution in [3.8, 4) is 5.75 Å². The first-order valence-electron chi connectivity index (χ1n) is 5.67. The fourth-order valence-corrected chi connectivity index (χ4v) is 2.11. The molecule has 0 aliphatic heterocycles. The number of phenols is 1. The molecule has 0 atom stereocenters. The average Bonchev–Trinajstić information content (AvgIpc) is 2.36. The molecule has 0 amide bonds. The van der Waals surface area contributed by atoms with Gasteiger partial charge in [-0.05, 0) is 25.1 Å². The fourth-order valence-electron chi connectivity index (χ4n) is 2.11. The highest BCUT2D eigenvalue weighted by Crippen LogP contribution is 2.24. The van der Waals surface area contributed by atoms with Crippen molar-refractivity contribution in [3.63, 3.8) is 0 Å². The lowest BCUT2D eigenvalue weighted by Crippen LogP contribution is -2.19. The number of pyridine rings is 2. The quantitative estimate of drug-likeness (QED) is 0.612. The second kappa shape index (κ2) is 3.57. The number of aromatic hydroxyl groups is 1. The van der Waals surface area contributed by atoms with E-state index >= 15 is 0 Å². The number of phenolic OH excluding ortho intramolecular Hbond substituents is 1. The summed E-state index contributed by atoms with van der Waals surface area (Å²) >= 11 is 0. The number of benzene rings is 1. The van der Waals surface area contributed by atoms with Crippen LogP contribution in [0, 0.1) is 6.92 Å². The van der Waals surface area contributed by atoms with Crippen LogP contribution < -0.4 is 5.56 Å². The number of aryl methyl sites for hydroxylation is 1. The molecule has 0 saturated heterocycles. The monoisotopic (exact) mass is 240 g/mol. The Bertz CT molecular complexity index is 834. The van der Waals surface area contributed by atoms with E-state index in [1.807, 2.05) is 19.1 Å². The Hall–Kier alpha value is -2.36. The van der Waals surface area contributed by atoms with Crippen molar-refractivity contribution in [3.05, 3.63) is 46.4 Å². The molecule has 0 spiro atoms. The SMILES string of the molecule is Cc1cc2nc3c(O)cccc3cc2c(=O)n1C. The van der Waals surface area contributed by atoms with Gasteiger partial charge in [0, 0.05) is 18.1 Å². The Labute approximate surface area is 103 Å². The molecular formula is C14H12N2O2. The van der Waals surface area contributed by atoms with E-state index in [0.29, 0.717) is 16.4 Å². The molecule has 0 radical (unpaired) electrons. The number of aromatic nitrogens is 2. The Morgan fingerprint density at radius 1 is 1.28 bits per heavy atom. The minimum atomic E-state index is -0.0669. The van der Waals surface area contributed by atoms with E-state index < -0.39 is 0 Å². The summed E-state index contributed by atoms with van der Waals surface area (Å²) in [5.74, 6) is 0.132. The maximum absolute atomic E-state index is 12.1. The number of hydrogen-bond acceptors (Lipinski definition) is 3. The molecule has 2 aromatic heterocycles. The smallest absolute Gasteiger partial charge is 0.259 e. The molecular weight excluding hydrogens is 228 g/mol. The normalized spacial score (nSPS) is 11.2. The van der Waals surface area contributed by atoms with Crippen LogP contribution in [0.15, 0.2) is 35.1 Å². The van der Waals surface area contributed by atoms with Gasteiger partial charge in [-0.15, -0.1) is 0 Å². The first-order valence-corrected chi connectivity index (χ1v) is 5.67. The molecule has 2 heterocycles. The van der Waals surface area contributed by atoms with E-state index in [-0.39, 0.29) is 11.3 Å². The minimum Gasteiger partial charge on any atom is -0.506 e. The molecule has 0 saturated carbocycles.